The van der Waals surface area contributed by atoms with Crippen LogP contribution in [0.15, 0.2) is 76.6 Å². The summed E-state index contributed by atoms with van der Waals surface area (Å²) in [5.74, 6) is -0.106. The van der Waals surface area contributed by atoms with Gasteiger partial charge >= 0.3 is 0 Å². The van der Waals surface area contributed by atoms with E-state index in [9.17, 15) is 4.79 Å². The first-order chi connectivity index (χ1) is 12.2. The van der Waals surface area contributed by atoms with E-state index in [1.54, 1.807) is 0 Å². The van der Waals surface area contributed by atoms with Crippen LogP contribution in [0, 0.1) is 6.92 Å². The van der Waals surface area contributed by atoms with Crippen molar-refractivity contribution in [3.63, 3.8) is 0 Å². The normalized spacial score (nSPS) is 17.4. The number of carbonyl (C=O) groups excluding carboxylic acids is 1. The predicted octanol–water partition coefficient (Wildman–Crippen LogP) is 5.04. The summed E-state index contributed by atoms with van der Waals surface area (Å²) in [7, 11) is 0. The van der Waals surface area contributed by atoms with Gasteiger partial charge in [-0.2, -0.15) is 0 Å². The van der Waals surface area contributed by atoms with Gasteiger partial charge in [0.05, 0.1) is 10.6 Å². The second kappa shape index (κ2) is 6.57. The highest BCUT2D eigenvalue weighted by Crippen LogP contribution is 2.30. The monoisotopic (exact) mass is 344 g/mol. The van der Waals surface area contributed by atoms with E-state index in [1.807, 2.05) is 61.5 Å². The maximum absolute atomic E-state index is 12.3. The van der Waals surface area contributed by atoms with Crippen LogP contribution >= 0.6 is 11.8 Å². The molecule has 3 aromatic rings. The minimum atomic E-state index is -0.106. The van der Waals surface area contributed by atoms with E-state index < -0.39 is 0 Å². The van der Waals surface area contributed by atoms with Crippen molar-refractivity contribution >= 4 is 45.4 Å². The molecule has 0 atom stereocenters. The second-order valence-corrected chi connectivity index (χ2v) is 6.87. The molecule has 122 valence electrons. The summed E-state index contributed by atoms with van der Waals surface area (Å²) in [5, 5.41) is 5.77. The lowest BCUT2D eigenvalue weighted by Gasteiger charge is -2.02. The van der Waals surface area contributed by atoms with Gasteiger partial charge in [0, 0.05) is 0 Å². The summed E-state index contributed by atoms with van der Waals surface area (Å²) >= 11 is 1.38. The molecule has 1 fully saturated rings. The first-order valence-corrected chi connectivity index (χ1v) is 8.85. The van der Waals surface area contributed by atoms with Crippen LogP contribution in [0.2, 0.25) is 0 Å². The highest BCUT2D eigenvalue weighted by atomic mass is 32.2. The predicted molar refractivity (Wildman–Crippen MR) is 106 cm³/mol. The van der Waals surface area contributed by atoms with Crippen molar-refractivity contribution in [2.75, 3.05) is 0 Å². The molecule has 0 radical (unpaired) electrons. The Hall–Kier alpha value is -2.85. The number of rotatable bonds is 2. The van der Waals surface area contributed by atoms with E-state index in [2.05, 4.69) is 28.5 Å². The first kappa shape index (κ1) is 15.7. The summed E-state index contributed by atoms with van der Waals surface area (Å²) in [4.78, 5) is 17.5. The van der Waals surface area contributed by atoms with Crippen molar-refractivity contribution in [2.24, 2.45) is 4.99 Å². The molecule has 0 spiro atoms. The molecule has 4 heteroatoms. The zero-order valence-electron chi connectivity index (χ0n) is 13.7. The van der Waals surface area contributed by atoms with Gasteiger partial charge in [-0.1, -0.05) is 60.7 Å². The van der Waals surface area contributed by atoms with Gasteiger partial charge in [-0.15, -0.1) is 0 Å². The van der Waals surface area contributed by atoms with Crippen LogP contribution in [-0.4, -0.2) is 11.1 Å². The molecule has 0 aromatic heterocycles. The van der Waals surface area contributed by atoms with Gasteiger partial charge in [0.15, 0.2) is 5.17 Å². The largest absolute Gasteiger partial charge is 0.300 e. The van der Waals surface area contributed by atoms with Gasteiger partial charge in [-0.3, -0.25) is 4.79 Å². The minimum absolute atomic E-state index is 0.106. The molecule has 1 amide bonds. The molecule has 25 heavy (non-hydrogen) atoms. The lowest BCUT2D eigenvalue weighted by Crippen LogP contribution is -2.19. The number of amides is 1. The van der Waals surface area contributed by atoms with E-state index in [4.69, 9.17) is 0 Å². The van der Waals surface area contributed by atoms with Gasteiger partial charge < -0.3 is 5.32 Å². The lowest BCUT2D eigenvalue weighted by atomic mass is 10.0. The number of carbonyl (C=O) groups is 1. The van der Waals surface area contributed by atoms with E-state index >= 15 is 0 Å². The molecule has 3 aromatic carbocycles. The third-order valence-corrected chi connectivity index (χ3v) is 5.01. The summed E-state index contributed by atoms with van der Waals surface area (Å²) in [6.45, 7) is 2.01. The number of nitrogens with one attached hydrogen (secondary N) is 1. The van der Waals surface area contributed by atoms with E-state index in [0.29, 0.717) is 10.1 Å². The molecule has 3 nitrogen and oxygen atoms in total. The quantitative estimate of drug-likeness (QED) is 0.662. The molecule has 1 heterocycles. The molecule has 0 bridgehead atoms. The number of amidine groups is 1. The number of fused-ring (bicyclic) bond motifs is 1. The molecule has 0 unspecified atom stereocenters. The van der Waals surface area contributed by atoms with Crippen LogP contribution in [0.3, 0.4) is 0 Å². The maximum Gasteiger partial charge on any atom is 0.264 e. The van der Waals surface area contributed by atoms with E-state index in [0.717, 1.165) is 27.6 Å². The minimum Gasteiger partial charge on any atom is -0.300 e. The molecule has 1 N–H and O–H groups in total. The van der Waals surface area contributed by atoms with Crippen molar-refractivity contribution in [1.29, 1.82) is 0 Å². The summed E-state index contributed by atoms with van der Waals surface area (Å²) in [6.07, 6.45) is 1.93. The van der Waals surface area contributed by atoms with Crippen LogP contribution in [0.1, 0.15) is 11.1 Å². The van der Waals surface area contributed by atoms with Crippen LogP contribution in [0.5, 0.6) is 0 Å². The summed E-state index contributed by atoms with van der Waals surface area (Å²) in [5.41, 5.74) is 2.99. The average Bonchev–Trinajstić information content (AvgIpc) is 2.97. The third-order valence-electron chi connectivity index (χ3n) is 4.10. The molecule has 1 saturated heterocycles. The van der Waals surface area contributed by atoms with Crippen molar-refractivity contribution in [2.45, 2.75) is 6.92 Å². The number of aryl methyl sites for hydroxylation is 1. The Kier molecular flexibility index (Phi) is 4.12. The molecule has 4 rings (SSSR count). The van der Waals surface area contributed by atoms with Crippen LogP contribution in [0.25, 0.3) is 16.8 Å². The Morgan fingerprint density at radius 3 is 2.60 bits per heavy atom. The fourth-order valence-corrected chi connectivity index (χ4v) is 3.62. The number of aliphatic imine (C=N–C) groups is 1. The average molecular weight is 344 g/mol. The number of benzene rings is 3. The smallest absolute Gasteiger partial charge is 0.264 e. The van der Waals surface area contributed by atoms with E-state index in [-0.39, 0.29) is 5.91 Å². The van der Waals surface area contributed by atoms with Crippen molar-refractivity contribution in [3.8, 4) is 0 Å². The van der Waals surface area contributed by atoms with Gasteiger partial charge in [0.25, 0.3) is 5.91 Å². The second-order valence-electron chi connectivity index (χ2n) is 5.84. The molecule has 0 saturated carbocycles. The molecule has 1 aliphatic rings. The first-order valence-electron chi connectivity index (χ1n) is 8.04. The van der Waals surface area contributed by atoms with Crippen molar-refractivity contribution in [3.05, 3.63) is 82.8 Å². The number of para-hydroxylation sites is 1. The number of thioether (sulfide) groups is 1. The summed E-state index contributed by atoms with van der Waals surface area (Å²) in [6, 6.07) is 22.2. The topological polar surface area (TPSA) is 41.5 Å². The Morgan fingerprint density at radius 2 is 1.72 bits per heavy atom. The Labute approximate surface area is 150 Å². The van der Waals surface area contributed by atoms with Gasteiger partial charge in [-0.05, 0) is 52.7 Å². The van der Waals surface area contributed by atoms with Crippen molar-refractivity contribution in [1.82, 2.24) is 5.32 Å². The van der Waals surface area contributed by atoms with Gasteiger partial charge in [0.2, 0.25) is 0 Å². The molecular weight excluding hydrogens is 328 g/mol. The molecule has 0 aliphatic carbocycles. The lowest BCUT2D eigenvalue weighted by molar-refractivity contribution is -0.115. The fourth-order valence-electron chi connectivity index (χ4n) is 2.80. The highest BCUT2D eigenvalue weighted by Gasteiger charge is 2.24. The van der Waals surface area contributed by atoms with Gasteiger partial charge in [-0.25, -0.2) is 4.99 Å². The zero-order chi connectivity index (χ0) is 17.2. The van der Waals surface area contributed by atoms with Crippen LogP contribution < -0.4 is 5.32 Å². The molecule has 1 aliphatic heterocycles. The summed E-state index contributed by atoms with van der Waals surface area (Å²) < 4.78 is 0. The third kappa shape index (κ3) is 3.21. The Balaban J connectivity index is 1.69. The Bertz CT molecular complexity index is 1030. The maximum atomic E-state index is 12.3. The number of hydrogen-bond donors (Lipinski definition) is 1. The van der Waals surface area contributed by atoms with Gasteiger partial charge in [0.1, 0.15) is 0 Å². The van der Waals surface area contributed by atoms with Crippen LogP contribution in [-0.2, 0) is 4.79 Å². The van der Waals surface area contributed by atoms with Crippen molar-refractivity contribution < 1.29 is 4.79 Å². The standard InChI is InChI=1S/C21H16N2OS/c1-14-7-2-5-12-18(14)22-21-23-20(24)19(25-21)13-16-10-6-9-15-8-3-4-11-17(15)16/h2-13H,1H3,(H,22,23,24). The zero-order valence-corrected chi connectivity index (χ0v) is 14.5. The SMILES string of the molecule is Cc1ccccc1N=C1NC(=O)C(=Cc2cccc3ccccc23)S1. The number of nitrogens with zero attached hydrogens (tertiary/aromatic N) is 1. The van der Waals surface area contributed by atoms with Crippen LogP contribution in [0.4, 0.5) is 5.69 Å². The highest BCUT2D eigenvalue weighted by molar-refractivity contribution is 8.18. The fraction of sp³-hybridized carbons (Fsp3) is 0.0476. The number of hydrogen-bond acceptors (Lipinski definition) is 3. The van der Waals surface area contributed by atoms with E-state index in [1.165, 1.54) is 11.8 Å². The molecular formula is C21H16N2OS. The Morgan fingerprint density at radius 1 is 0.960 bits per heavy atom.